The van der Waals surface area contributed by atoms with Gasteiger partial charge in [-0.25, -0.2) is 0 Å². The predicted octanol–water partition coefficient (Wildman–Crippen LogP) is 0.946. The van der Waals surface area contributed by atoms with Gasteiger partial charge in [-0.05, 0) is 58.2 Å². The summed E-state index contributed by atoms with van der Waals surface area (Å²) in [5, 5.41) is 0. The molecule has 0 spiro atoms. The van der Waals surface area contributed by atoms with Crippen LogP contribution in [0.4, 0.5) is 0 Å². The lowest BCUT2D eigenvalue weighted by Crippen LogP contribution is -2.41. The zero-order chi connectivity index (χ0) is 12.4. The van der Waals surface area contributed by atoms with Gasteiger partial charge in [0.05, 0.1) is 6.04 Å². The number of amides is 1. The second-order valence-corrected chi connectivity index (χ2v) is 5.76. The van der Waals surface area contributed by atoms with E-state index >= 15 is 0 Å². The first-order chi connectivity index (χ1) is 8.08. The summed E-state index contributed by atoms with van der Waals surface area (Å²) in [6.45, 7) is 6.06. The molecule has 0 aliphatic carbocycles. The fourth-order valence-electron chi connectivity index (χ4n) is 3.16. The highest BCUT2D eigenvalue weighted by Crippen LogP contribution is 2.31. The maximum atomic E-state index is 11.8. The zero-order valence-electron chi connectivity index (χ0n) is 11.5. The minimum absolute atomic E-state index is 0. The van der Waals surface area contributed by atoms with Crippen LogP contribution in [0.3, 0.4) is 0 Å². The minimum atomic E-state index is -0.341. The molecule has 2 aliphatic rings. The van der Waals surface area contributed by atoms with Gasteiger partial charge in [-0.2, -0.15) is 0 Å². The smallest absolute Gasteiger partial charge is 0.239 e. The fraction of sp³-hybridized carbons (Fsp3) is 0.923. The van der Waals surface area contributed by atoms with Gasteiger partial charge in [0.1, 0.15) is 0 Å². The third-order valence-corrected chi connectivity index (χ3v) is 4.36. The molecule has 2 N–H and O–H groups in total. The van der Waals surface area contributed by atoms with Gasteiger partial charge in [0.25, 0.3) is 0 Å². The van der Waals surface area contributed by atoms with Crippen LogP contribution in [-0.4, -0.2) is 55.0 Å². The van der Waals surface area contributed by atoms with E-state index in [0.717, 1.165) is 19.0 Å². The van der Waals surface area contributed by atoms with Crippen LogP contribution in [0.1, 0.15) is 26.2 Å². The van der Waals surface area contributed by atoms with Gasteiger partial charge in [0.15, 0.2) is 0 Å². The van der Waals surface area contributed by atoms with Crippen molar-refractivity contribution in [2.75, 3.05) is 33.2 Å². The first-order valence-electron chi connectivity index (χ1n) is 6.81. The van der Waals surface area contributed by atoms with E-state index in [1.54, 1.807) is 6.92 Å². The summed E-state index contributed by atoms with van der Waals surface area (Å²) in [5.74, 6) is 1.66. The SMILES string of the molecule is CC(N)C(=O)N1CCC(C2CCN(C)CC2)C1.Cl. The van der Waals surface area contributed by atoms with E-state index in [0.29, 0.717) is 5.92 Å². The van der Waals surface area contributed by atoms with Crippen molar-refractivity contribution in [1.29, 1.82) is 0 Å². The largest absolute Gasteiger partial charge is 0.341 e. The molecule has 0 radical (unpaired) electrons. The molecular weight excluding hydrogens is 250 g/mol. The first-order valence-corrected chi connectivity index (χ1v) is 6.81. The van der Waals surface area contributed by atoms with Crippen LogP contribution < -0.4 is 5.73 Å². The molecule has 18 heavy (non-hydrogen) atoms. The van der Waals surface area contributed by atoms with Crippen LogP contribution >= 0.6 is 12.4 Å². The van der Waals surface area contributed by atoms with Crippen molar-refractivity contribution < 1.29 is 4.79 Å². The molecule has 2 atom stereocenters. The van der Waals surface area contributed by atoms with E-state index in [1.165, 1.54) is 32.4 Å². The first kappa shape index (κ1) is 15.7. The monoisotopic (exact) mass is 275 g/mol. The molecule has 0 saturated carbocycles. The maximum absolute atomic E-state index is 11.8. The van der Waals surface area contributed by atoms with Crippen LogP contribution in [0.25, 0.3) is 0 Å². The van der Waals surface area contributed by atoms with E-state index < -0.39 is 0 Å². The van der Waals surface area contributed by atoms with Gasteiger partial charge in [-0.15, -0.1) is 12.4 Å². The molecule has 0 bridgehead atoms. The molecular formula is C13H26ClN3O. The Kier molecular flexibility index (Phi) is 5.89. The minimum Gasteiger partial charge on any atom is -0.341 e. The highest BCUT2D eigenvalue weighted by Gasteiger charge is 2.33. The molecule has 1 amide bonds. The second kappa shape index (κ2) is 6.73. The number of carbonyl (C=O) groups excluding carboxylic acids is 1. The normalized spacial score (nSPS) is 27.9. The molecule has 106 valence electrons. The Hall–Kier alpha value is -0.320. The number of carbonyl (C=O) groups is 1. The van der Waals surface area contributed by atoms with E-state index in [-0.39, 0.29) is 24.4 Å². The van der Waals surface area contributed by atoms with Crippen LogP contribution in [0.5, 0.6) is 0 Å². The third kappa shape index (κ3) is 3.59. The number of likely N-dealkylation sites (tertiary alicyclic amines) is 2. The Labute approximate surface area is 116 Å². The van der Waals surface area contributed by atoms with Gasteiger partial charge >= 0.3 is 0 Å². The molecule has 0 aromatic rings. The number of rotatable bonds is 2. The number of halogens is 1. The molecule has 4 nitrogen and oxygen atoms in total. The molecule has 2 rings (SSSR count). The van der Waals surface area contributed by atoms with Crippen LogP contribution in [-0.2, 0) is 4.79 Å². The van der Waals surface area contributed by atoms with Gasteiger partial charge in [-0.1, -0.05) is 0 Å². The van der Waals surface area contributed by atoms with E-state index in [1.807, 2.05) is 4.90 Å². The van der Waals surface area contributed by atoms with E-state index in [4.69, 9.17) is 5.73 Å². The number of nitrogens with two attached hydrogens (primary N) is 1. The predicted molar refractivity (Wildman–Crippen MR) is 75.8 cm³/mol. The van der Waals surface area contributed by atoms with Crippen molar-refractivity contribution in [3.8, 4) is 0 Å². The molecule has 5 heteroatoms. The van der Waals surface area contributed by atoms with Crippen LogP contribution in [0.2, 0.25) is 0 Å². The van der Waals surface area contributed by atoms with Crippen LogP contribution in [0, 0.1) is 11.8 Å². The average molecular weight is 276 g/mol. The van der Waals surface area contributed by atoms with Gasteiger partial charge in [0.2, 0.25) is 5.91 Å². The van der Waals surface area contributed by atoms with Gasteiger partial charge in [0, 0.05) is 13.1 Å². The molecule has 2 saturated heterocycles. The van der Waals surface area contributed by atoms with E-state index in [9.17, 15) is 4.79 Å². The molecule has 2 heterocycles. The Morgan fingerprint density at radius 3 is 2.28 bits per heavy atom. The standard InChI is InChI=1S/C13H25N3O.ClH/c1-10(14)13(17)16-8-5-12(9-16)11-3-6-15(2)7-4-11;/h10-12H,3-9,14H2,1-2H3;1H. The van der Waals surface area contributed by atoms with Crippen LogP contribution in [0.15, 0.2) is 0 Å². The summed E-state index contributed by atoms with van der Waals surface area (Å²) in [7, 11) is 2.19. The molecule has 0 aromatic heterocycles. The fourth-order valence-corrected chi connectivity index (χ4v) is 3.16. The highest BCUT2D eigenvalue weighted by molar-refractivity contribution is 5.85. The third-order valence-electron chi connectivity index (χ3n) is 4.36. The Balaban J connectivity index is 0.00000162. The van der Waals surface area contributed by atoms with Crippen molar-refractivity contribution in [2.24, 2.45) is 17.6 Å². The van der Waals surface area contributed by atoms with Crippen molar-refractivity contribution in [1.82, 2.24) is 9.80 Å². The van der Waals surface area contributed by atoms with Gasteiger partial charge < -0.3 is 15.5 Å². The molecule has 0 aromatic carbocycles. The number of hydrogen-bond donors (Lipinski definition) is 1. The molecule has 2 unspecified atom stereocenters. The second-order valence-electron chi connectivity index (χ2n) is 5.76. The summed E-state index contributed by atoms with van der Waals surface area (Å²) >= 11 is 0. The highest BCUT2D eigenvalue weighted by atomic mass is 35.5. The summed E-state index contributed by atoms with van der Waals surface area (Å²) in [4.78, 5) is 16.2. The number of hydrogen-bond acceptors (Lipinski definition) is 3. The quantitative estimate of drug-likeness (QED) is 0.816. The summed E-state index contributed by atoms with van der Waals surface area (Å²) < 4.78 is 0. The van der Waals surface area contributed by atoms with Crippen molar-refractivity contribution >= 4 is 18.3 Å². The molecule has 2 fully saturated rings. The van der Waals surface area contributed by atoms with Crippen molar-refractivity contribution in [3.63, 3.8) is 0 Å². The number of nitrogens with zero attached hydrogens (tertiary/aromatic N) is 2. The summed E-state index contributed by atoms with van der Waals surface area (Å²) in [5.41, 5.74) is 5.66. The number of piperidine rings is 1. The Morgan fingerprint density at radius 2 is 1.72 bits per heavy atom. The zero-order valence-corrected chi connectivity index (χ0v) is 12.3. The van der Waals surface area contributed by atoms with Crippen molar-refractivity contribution in [3.05, 3.63) is 0 Å². The summed E-state index contributed by atoms with van der Waals surface area (Å²) in [6, 6.07) is -0.341. The molecule has 2 aliphatic heterocycles. The Morgan fingerprint density at radius 1 is 1.17 bits per heavy atom. The lowest BCUT2D eigenvalue weighted by atomic mass is 9.84. The lowest BCUT2D eigenvalue weighted by molar-refractivity contribution is -0.131. The Bertz CT molecular complexity index is 277. The lowest BCUT2D eigenvalue weighted by Gasteiger charge is -2.32. The van der Waals surface area contributed by atoms with Gasteiger partial charge in [-0.3, -0.25) is 4.79 Å². The van der Waals surface area contributed by atoms with Crippen molar-refractivity contribution in [2.45, 2.75) is 32.2 Å². The topological polar surface area (TPSA) is 49.6 Å². The average Bonchev–Trinajstić information content (AvgIpc) is 2.78. The summed E-state index contributed by atoms with van der Waals surface area (Å²) in [6.07, 6.45) is 3.76. The maximum Gasteiger partial charge on any atom is 0.239 e. The van der Waals surface area contributed by atoms with E-state index in [2.05, 4.69) is 11.9 Å².